The molecule has 0 radical (unpaired) electrons. The molecule has 3 heteroatoms. The number of hydrogen-bond acceptors (Lipinski definition) is 3. The maximum Gasteiger partial charge on any atom is 0.0443 e. The average Bonchev–Trinajstić information content (AvgIpc) is 2.41. The summed E-state index contributed by atoms with van der Waals surface area (Å²) in [5.41, 5.74) is 0.421. The Morgan fingerprint density at radius 2 is 1.90 bits per heavy atom. The van der Waals surface area contributed by atoms with Crippen molar-refractivity contribution >= 4 is 0 Å². The van der Waals surface area contributed by atoms with Gasteiger partial charge in [0, 0.05) is 31.8 Å². The molecule has 0 spiro atoms. The lowest BCUT2D eigenvalue weighted by atomic mass is 9.67. The molecule has 0 bridgehead atoms. The Morgan fingerprint density at radius 3 is 2.38 bits per heavy atom. The van der Waals surface area contributed by atoms with Crippen molar-refractivity contribution < 1.29 is 5.11 Å². The molecule has 1 rings (SSSR count). The maximum absolute atomic E-state index is 9.11. The van der Waals surface area contributed by atoms with Crippen molar-refractivity contribution in [1.82, 2.24) is 10.2 Å². The molecule has 126 valence electrons. The molecule has 0 amide bonds. The molecule has 3 atom stereocenters. The minimum Gasteiger partial charge on any atom is -0.396 e. The zero-order valence-corrected chi connectivity index (χ0v) is 15.2. The second-order valence-electron chi connectivity index (χ2n) is 8.20. The van der Waals surface area contributed by atoms with E-state index >= 15 is 0 Å². The highest BCUT2D eigenvalue weighted by molar-refractivity contribution is 4.90. The summed E-state index contributed by atoms with van der Waals surface area (Å²) < 4.78 is 0. The quantitative estimate of drug-likeness (QED) is 0.758. The molecule has 1 aliphatic rings. The van der Waals surface area contributed by atoms with E-state index in [4.69, 9.17) is 5.11 Å². The van der Waals surface area contributed by atoms with Crippen LogP contribution in [0.1, 0.15) is 60.3 Å². The molecule has 3 unspecified atom stereocenters. The monoisotopic (exact) mass is 298 g/mol. The Balaban J connectivity index is 2.69. The molecule has 0 aromatic heterocycles. The van der Waals surface area contributed by atoms with E-state index in [2.05, 4.69) is 51.9 Å². The molecule has 0 aromatic rings. The van der Waals surface area contributed by atoms with Gasteiger partial charge in [-0.25, -0.2) is 0 Å². The lowest BCUT2D eigenvalue weighted by Gasteiger charge is -2.44. The van der Waals surface area contributed by atoms with Crippen molar-refractivity contribution in [2.24, 2.45) is 17.3 Å². The van der Waals surface area contributed by atoms with Gasteiger partial charge in [0.1, 0.15) is 0 Å². The van der Waals surface area contributed by atoms with E-state index in [0.29, 0.717) is 24.1 Å². The van der Waals surface area contributed by atoms with Crippen LogP contribution in [0.25, 0.3) is 0 Å². The number of aliphatic hydroxyl groups is 1. The molecular weight excluding hydrogens is 260 g/mol. The lowest BCUT2D eigenvalue weighted by molar-refractivity contribution is 0.0775. The fraction of sp³-hybridized carbons (Fsp3) is 1.00. The predicted octanol–water partition coefficient (Wildman–Crippen LogP) is 3.13. The third-order valence-electron chi connectivity index (χ3n) is 5.38. The Kier molecular flexibility index (Phi) is 7.66. The fourth-order valence-corrected chi connectivity index (χ4v) is 3.77. The summed E-state index contributed by atoms with van der Waals surface area (Å²) in [5, 5.41) is 12.7. The molecule has 0 aliphatic heterocycles. The molecule has 0 heterocycles. The van der Waals surface area contributed by atoms with Crippen LogP contribution >= 0.6 is 0 Å². The van der Waals surface area contributed by atoms with Gasteiger partial charge in [0.25, 0.3) is 0 Å². The topological polar surface area (TPSA) is 35.5 Å². The zero-order chi connectivity index (χ0) is 16.0. The van der Waals surface area contributed by atoms with Crippen LogP contribution in [-0.4, -0.2) is 48.8 Å². The molecule has 0 saturated heterocycles. The van der Waals surface area contributed by atoms with Gasteiger partial charge in [0.05, 0.1) is 0 Å². The van der Waals surface area contributed by atoms with Crippen molar-refractivity contribution in [3.63, 3.8) is 0 Å². The van der Waals surface area contributed by atoms with Crippen LogP contribution < -0.4 is 5.32 Å². The van der Waals surface area contributed by atoms with Gasteiger partial charge in [0.2, 0.25) is 0 Å². The molecule has 1 aliphatic carbocycles. The first kappa shape index (κ1) is 18.9. The Morgan fingerprint density at radius 1 is 1.24 bits per heavy atom. The third-order valence-corrected chi connectivity index (χ3v) is 5.38. The smallest absolute Gasteiger partial charge is 0.0443 e. The second kappa shape index (κ2) is 8.50. The van der Waals surface area contributed by atoms with Crippen molar-refractivity contribution in [2.45, 2.75) is 72.4 Å². The van der Waals surface area contributed by atoms with Gasteiger partial charge in [-0.1, -0.05) is 20.8 Å². The van der Waals surface area contributed by atoms with Crippen molar-refractivity contribution in [2.75, 3.05) is 26.7 Å². The van der Waals surface area contributed by atoms with Crippen LogP contribution in [-0.2, 0) is 0 Å². The highest BCUT2D eigenvalue weighted by atomic mass is 16.3. The van der Waals surface area contributed by atoms with Gasteiger partial charge in [0.15, 0.2) is 0 Å². The van der Waals surface area contributed by atoms with Crippen LogP contribution in [0.3, 0.4) is 0 Å². The predicted molar refractivity (Wildman–Crippen MR) is 91.5 cm³/mol. The van der Waals surface area contributed by atoms with E-state index in [1.54, 1.807) is 0 Å². The van der Waals surface area contributed by atoms with Gasteiger partial charge in [-0.05, 0) is 63.8 Å². The first-order valence-corrected chi connectivity index (χ1v) is 8.81. The summed E-state index contributed by atoms with van der Waals surface area (Å²) in [6, 6.07) is 1.21. The summed E-state index contributed by atoms with van der Waals surface area (Å²) in [5.74, 6) is 1.56. The van der Waals surface area contributed by atoms with E-state index in [-0.39, 0.29) is 0 Å². The number of nitrogens with zero attached hydrogens (tertiary/aromatic N) is 1. The fourth-order valence-electron chi connectivity index (χ4n) is 3.77. The summed E-state index contributed by atoms with van der Waals surface area (Å²) in [6.45, 7) is 14.2. The van der Waals surface area contributed by atoms with E-state index < -0.39 is 0 Å². The Hall–Kier alpha value is -0.120. The van der Waals surface area contributed by atoms with Crippen LogP contribution in [0.5, 0.6) is 0 Å². The van der Waals surface area contributed by atoms with Gasteiger partial charge in [-0.3, -0.25) is 0 Å². The number of rotatable bonds is 7. The maximum atomic E-state index is 9.11. The minimum absolute atomic E-state index is 0.300. The van der Waals surface area contributed by atoms with Crippen LogP contribution in [0, 0.1) is 17.3 Å². The van der Waals surface area contributed by atoms with E-state index in [0.717, 1.165) is 31.3 Å². The largest absolute Gasteiger partial charge is 0.396 e. The van der Waals surface area contributed by atoms with E-state index in [9.17, 15) is 0 Å². The van der Waals surface area contributed by atoms with Crippen molar-refractivity contribution in [3.05, 3.63) is 0 Å². The lowest BCUT2D eigenvalue weighted by Crippen LogP contribution is -2.48. The highest BCUT2D eigenvalue weighted by Gasteiger charge is 2.36. The number of nitrogens with one attached hydrogen (secondary N) is 1. The normalized spacial score (nSPS) is 27.6. The second-order valence-corrected chi connectivity index (χ2v) is 8.20. The summed E-state index contributed by atoms with van der Waals surface area (Å²) in [6.07, 6.45) is 4.87. The highest BCUT2D eigenvalue weighted by Crippen LogP contribution is 2.40. The van der Waals surface area contributed by atoms with Crippen LogP contribution in [0.4, 0.5) is 0 Å². The zero-order valence-electron chi connectivity index (χ0n) is 15.2. The number of aliphatic hydroxyl groups excluding tert-OH is 1. The molecule has 2 N–H and O–H groups in total. The first-order chi connectivity index (χ1) is 9.79. The van der Waals surface area contributed by atoms with Crippen molar-refractivity contribution in [3.8, 4) is 0 Å². The SMILES string of the molecule is CNC1CCC(C(C)(C)C)CC1CN(CCCO)C(C)C. The third kappa shape index (κ3) is 5.88. The van der Waals surface area contributed by atoms with Gasteiger partial charge in [-0.15, -0.1) is 0 Å². The van der Waals surface area contributed by atoms with Crippen molar-refractivity contribution in [1.29, 1.82) is 0 Å². The van der Waals surface area contributed by atoms with Crippen LogP contribution in [0.2, 0.25) is 0 Å². The molecule has 1 saturated carbocycles. The summed E-state index contributed by atoms with van der Waals surface area (Å²) in [7, 11) is 2.11. The first-order valence-electron chi connectivity index (χ1n) is 8.81. The average molecular weight is 299 g/mol. The summed E-state index contributed by atoms with van der Waals surface area (Å²) in [4.78, 5) is 2.55. The molecule has 21 heavy (non-hydrogen) atoms. The Bertz CT molecular complexity index is 285. The molecule has 3 nitrogen and oxygen atoms in total. The van der Waals surface area contributed by atoms with Gasteiger partial charge >= 0.3 is 0 Å². The van der Waals surface area contributed by atoms with E-state index in [1.165, 1.54) is 19.3 Å². The van der Waals surface area contributed by atoms with E-state index in [1.807, 2.05) is 0 Å². The number of hydrogen-bond donors (Lipinski definition) is 2. The molecule has 0 aromatic carbocycles. The summed E-state index contributed by atoms with van der Waals surface area (Å²) >= 11 is 0. The van der Waals surface area contributed by atoms with Gasteiger partial charge in [-0.2, -0.15) is 0 Å². The van der Waals surface area contributed by atoms with Crippen LogP contribution in [0.15, 0.2) is 0 Å². The standard InChI is InChI=1S/C18H38N2O/c1-14(2)20(10-7-11-21)13-15-12-16(18(3,4)5)8-9-17(15)19-6/h14-17,19,21H,7-13H2,1-6H3. The van der Waals surface area contributed by atoms with Gasteiger partial charge < -0.3 is 15.3 Å². The Labute approximate surface area is 132 Å². The molecular formula is C18H38N2O. The minimum atomic E-state index is 0.300. The molecule has 1 fully saturated rings.